The quantitative estimate of drug-likeness (QED) is 0.573. The summed E-state index contributed by atoms with van der Waals surface area (Å²) in [7, 11) is 4.55. The van der Waals surface area contributed by atoms with Gasteiger partial charge in [0, 0.05) is 30.1 Å². The van der Waals surface area contributed by atoms with E-state index in [-0.39, 0.29) is 17.6 Å². The SMILES string of the molecule is COc1cc(C(=O)N2CCC(c3nc(-c4ccc(F)cc4)no3)CC2)cc(OC)c1OC. The Labute approximate surface area is 184 Å². The highest BCUT2D eigenvalue weighted by atomic mass is 19.1. The van der Waals surface area contributed by atoms with E-state index < -0.39 is 0 Å². The molecule has 1 aliphatic heterocycles. The van der Waals surface area contributed by atoms with Crippen molar-refractivity contribution in [1.82, 2.24) is 15.0 Å². The lowest BCUT2D eigenvalue weighted by Crippen LogP contribution is -2.38. The van der Waals surface area contributed by atoms with Gasteiger partial charge >= 0.3 is 0 Å². The van der Waals surface area contributed by atoms with Gasteiger partial charge in [-0.3, -0.25) is 4.79 Å². The third-order valence-electron chi connectivity index (χ3n) is 5.59. The van der Waals surface area contributed by atoms with Crippen LogP contribution in [0.1, 0.15) is 35.0 Å². The number of ether oxygens (including phenoxy) is 3. The highest BCUT2D eigenvalue weighted by molar-refractivity contribution is 5.95. The number of hydrogen-bond acceptors (Lipinski definition) is 7. The first-order valence-electron chi connectivity index (χ1n) is 10.2. The molecular weight excluding hydrogens is 417 g/mol. The molecule has 0 aliphatic carbocycles. The van der Waals surface area contributed by atoms with Crippen LogP contribution in [0.5, 0.6) is 17.2 Å². The zero-order valence-corrected chi connectivity index (χ0v) is 18.1. The van der Waals surface area contributed by atoms with Crippen LogP contribution in [0.25, 0.3) is 11.4 Å². The minimum absolute atomic E-state index is 0.0562. The molecule has 0 unspecified atom stereocenters. The summed E-state index contributed by atoms with van der Waals surface area (Å²) in [5, 5.41) is 4.02. The third-order valence-corrected chi connectivity index (χ3v) is 5.59. The monoisotopic (exact) mass is 441 g/mol. The minimum atomic E-state index is -0.318. The highest BCUT2D eigenvalue weighted by Gasteiger charge is 2.29. The number of methoxy groups -OCH3 is 3. The van der Waals surface area contributed by atoms with Crippen molar-refractivity contribution in [2.24, 2.45) is 0 Å². The van der Waals surface area contributed by atoms with Crippen molar-refractivity contribution < 1.29 is 27.9 Å². The average molecular weight is 441 g/mol. The molecule has 0 bridgehead atoms. The molecule has 4 rings (SSSR count). The van der Waals surface area contributed by atoms with Crippen molar-refractivity contribution in [1.29, 1.82) is 0 Å². The molecule has 3 aromatic rings. The van der Waals surface area contributed by atoms with Crippen molar-refractivity contribution in [3.8, 4) is 28.6 Å². The standard InChI is InChI=1S/C23H24FN3O5/c1-29-18-12-16(13-19(30-2)20(18)31-3)23(28)27-10-8-15(9-11-27)22-25-21(26-32-22)14-4-6-17(24)7-5-14/h4-7,12-13,15H,8-11H2,1-3H3. The van der Waals surface area contributed by atoms with E-state index in [0.29, 0.717) is 66.0 Å². The van der Waals surface area contributed by atoms with E-state index in [0.717, 1.165) is 0 Å². The molecule has 0 radical (unpaired) electrons. The Morgan fingerprint density at radius 1 is 1.03 bits per heavy atom. The smallest absolute Gasteiger partial charge is 0.254 e. The van der Waals surface area contributed by atoms with Crippen LogP contribution in [-0.2, 0) is 0 Å². The molecule has 1 fully saturated rings. The summed E-state index contributed by atoms with van der Waals surface area (Å²) in [4.78, 5) is 19.3. The Bertz CT molecular complexity index is 1070. The molecule has 0 N–H and O–H groups in total. The summed E-state index contributed by atoms with van der Waals surface area (Å²) in [6, 6.07) is 9.26. The van der Waals surface area contributed by atoms with Crippen molar-refractivity contribution in [3.63, 3.8) is 0 Å². The number of piperidine rings is 1. The second-order valence-corrected chi connectivity index (χ2v) is 7.44. The lowest BCUT2D eigenvalue weighted by molar-refractivity contribution is 0.0703. The maximum atomic E-state index is 13.1. The zero-order chi connectivity index (χ0) is 22.7. The van der Waals surface area contributed by atoms with Gasteiger partial charge in [-0.05, 0) is 49.2 Å². The van der Waals surface area contributed by atoms with Gasteiger partial charge in [-0.15, -0.1) is 0 Å². The molecule has 0 atom stereocenters. The number of aromatic nitrogens is 2. The highest BCUT2D eigenvalue weighted by Crippen LogP contribution is 2.39. The number of nitrogens with zero attached hydrogens (tertiary/aromatic N) is 3. The van der Waals surface area contributed by atoms with Crippen LogP contribution >= 0.6 is 0 Å². The van der Waals surface area contributed by atoms with Gasteiger partial charge in [0.15, 0.2) is 11.5 Å². The fourth-order valence-corrected chi connectivity index (χ4v) is 3.83. The van der Waals surface area contributed by atoms with Gasteiger partial charge in [-0.25, -0.2) is 4.39 Å². The van der Waals surface area contributed by atoms with Crippen LogP contribution in [0, 0.1) is 5.82 Å². The van der Waals surface area contributed by atoms with Crippen LogP contribution < -0.4 is 14.2 Å². The van der Waals surface area contributed by atoms with Crippen LogP contribution in [0.4, 0.5) is 4.39 Å². The average Bonchev–Trinajstić information content (AvgIpc) is 3.33. The number of halogens is 1. The van der Waals surface area contributed by atoms with E-state index >= 15 is 0 Å². The largest absolute Gasteiger partial charge is 0.493 e. The Morgan fingerprint density at radius 2 is 1.66 bits per heavy atom. The van der Waals surface area contributed by atoms with Gasteiger partial charge < -0.3 is 23.6 Å². The van der Waals surface area contributed by atoms with Crippen molar-refractivity contribution in [2.75, 3.05) is 34.4 Å². The predicted octanol–water partition coefficient (Wildman–Crippen LogP) is 3.92. The van der Waals surface area contributed by atoms with E-state index in [9.17, 15) is 9.18 Å². The van der Waals surface area contributed by atoms with Crippen molar-refractivity contribution in [3.05, 3.63) is 53.7 Å². The Kier molecular flexibility index (Phi) is 6.25. The van der Waals surface area contributed by atoms with Gasteiger partial charge in [0.1, 0.15) is 5.82 Å². The summed E-state index contributed by atoms with van der Waals surface area (Å²) in [6.07, 6.45) is 1.39. The van der Waals surface area contributed by atoms with E-state index in [1.54, 1.807) is 29.2 Å². The van der Waals surface area contributed by atoms with Gasteiger partial charge in [-0.2, -0.15) is 4.98 Å². The number of amides is 1. The van der Waals surface area contributed by atoms with E-state index in [2.05, 4.69) is 10.1 Å². The fraction of sp³-hybridized carbons (Fsp3) is 0.348. The van der Waals surface area contributed by atoms with Crippen molar-refractivity contribution >= 4 is 5.91 Å². The molecule has 168 valence electrons. The maximum absolute atomic E-state index is 13.1. The normalized spacial score (nSPS) is 14.3. The van der Waals surface area contributed by atoms with Crippen LogP contribution in [-0.4, -0.2) is 55.4 Å². The Morgan fingerprint density at radius 3 is 2.22 bits per heavy atom. The molecule has 2 aromatic carbocycles. The molecule has 2 heterocycles. The van der Waals surface area contributed by atoms with Gasteiger partial charge in [-0.1, -0.05) is 5.16 Å². The Hall–Kier alpha value is -3.62. The van der Waals surface area contributed by atoms with E-state index in [1.165, 1.54) is 33.5 Å². The van der Waals surface area contributed by atoms with Gasteiger partial charge in [0.05, 0.1) is 21.3 Å². The molecule has 1 amide bonds. The molecule has 9 heteroatoms. The first kappa shape index (κ1) is 21.6. The number of hydrogen-bond donors (Lipinski definition) is 0. The van der Waals surface area contributed by atoms with Gasteiger partial charge in [0.25, 0.3) is 5.91 Å². The van der Waals surface area contributed by atoms with E-state index in [4.69, 9.17) is 18.7 Å². The number of benzene rings is 2. The molecule has 1 aromatic heterocycles. The second-order valence-electron chi connectivity index (χ2n) is 7.44. The summed E-state index contributed by atoms with van der Waals surface area (Å²) in [5.74, 6) is 1.90. The molecular formula is C23H24FN3O5. The molecule has 0 spiro atoms. The molecule has 1 aliphatic rings. The van der Waals surface area contributed by atoms with Gasteiger partial charge in [0.2, 0.25) is 17.5 Å². The first-order chi connectivity index (χ1) is 15.5. The number of carbonyl (C=O) groups excluding carboxylic acids is 1. The fourth-order valence-electron chi connectivity index (χ4n) is 3.83. The number of likely N-dealkylation sites (tertiary alicyclic amines) is 1. The van der Waals surface area contributed by atoms with Crippen LogP contribution in [0.3, 0.4) is 0 Å². The minimum Gasteiger partial charge on any atom is -0.493 e. The molecule has 8 nitrogen and oxygen atoms in total. The first-order valence-corrected chi connectivity index (χ1v) is 10.2. The van der Waals surface area contributed by atoms with Crippen molar-refractivity contribution in [2.45, 2.75) is 18.8 Å². The molecule has 0 saturated carbocycles. The predicted molar refractivity (Wildman–Crippen MR) is 114 cm³/mol. The van der Waals surface area contributed by atoms with Crippen LogP contribution in [0.15, 0.2) is 40.9 Å². The molecule has 1 saturated heterocycles. The summed E-state index contributed by atoms with van der Waals surface area (Å²) < 4.78 is 34.6. The Balaban J connectivity index is 1.44. The summed E-state index contributed by atoms with van der Waals surface area (Å²) >= 11 is 0. The topological polar surface area (TPSA) is 86.9 Å². The van der Waals surface area contributed by atoms with E-state index in [1.807, 2.05) is 0 Å². The number of rotatable bonds is 6. The third kappa shape index (κ3) is 4.23. The lowest BCUT2D eigenvalue weighted by Gasteiger charge is -2.30. The summed E-state index contributed by atoms with van der Waals surface area (Å²) in [5.41, 5.74) is 1.16. The zero-order valence-electron chi connectivity index (χ0n) is 18.1. The van der Waals surface area contributed by atoms with Crippen LogP contribution in [0.2, 0.25) is 0 Å². The number of carbonyl (C=O) groups is 1. The lowest BCUT2D eigenvalue weighted by atomic mass is 9.96. The maximum Gasteiger partial charge on any atom is 0.254 e. The second kappa shape index (κ2) is 9.25. The summed E-state index contributed by atoms with van der Waals surface area (Å²) in [6.45, 7) is 1.10. The molecule has 32 heavy (non-hydrogen) atoms.